The highest BCUT2D eigenvalue weighted by molar-refractivity contribution is 5.33. The molecule has 18 heavy (non-hydrogen) atoms. The van der Waals surface area contributed by atoms with Gasteiger partial charge < -0.3 is 5.32 Å². The first-order chi connectivity index (χ1) is 8.67. The second-order valence-electron chi connectivity index (χ2n) is 4.52. The minimum atomic E-state index is -0.358. The van der Waals surface area contributed by atoms with Gasteiger partial charge in [-0.15, -0.1) is 0 Å². The topological polar surface area (TPSA) is 55.2 Å². The Balaban J connectivity index is 2.59. The number of likely N-dealkylation sites (N-methyl/N-ethyl adjacent to an activating group) is 1. The van der Waals surface area contributed by atoms with E-state index in [9.17, 15) is 10.1 Å². The molecule has 0 heterocycles. The predicted octanol–water partition coefficient (Wildman–Crippen LogP) is 3.31. The SMILES string of the molecule is CCCCC(Cc1ccc([N+](=O)[O-])cc1)NCC. The summed E-state index contributed by atoms with van der Waals surface area (Å²) in [5, 5.41) is 14.0. The number of rotatable bonds is 8. The molecule has 0 saturated carbocycles. The van der Waals surface area contributed by atoms with E-state index >= 15 is 0 Å². The molecule has 4 heteroatoms. The van der Waals surface area contributed by atoms with Crippen molar-refractivity contribution in [1.29, 1.82) is 0 Å². The molecular weight excluding hydrogens is 228 g/mol. The molecule has 1 N–H and O–H groups in total. The lowest BCUT2D eigenvalue weighted by Crippen LogP contribution is -2.30. The zero-order valence-electron chi connectivity index (χ0n) is 11.2. The first kappa shape index (κ1) is 14.6. The second-order valence-corrected chi connectivity index (χ2v) is 4.52. The van der Waals surface area contributed by atoms with Crippen LogP contribution < -0.4 is 5.32 Å². The Morgan fingerprint density at radius 2 is 1.94 bits per heavy atom. The monoisotopic (exact) mass is 250 g/mol. The van der Waals surface area contributed by atoms with Crippen molar-refractivity contribution < 1.29 is 4.92 Å². The normalized spacial score (nSPS) is 12.3. The van der Waals surface area contributed by atoms with Crippen molar-refractivity contribution in [2.75, 3.05) is 6.54 Å². The van der Waals surface area contributed by atoms with Gasteiger partial charge in [-0.05, 0) is 24.9 Å². The average Bonchev–Trinajstić information content (AvgIpc) is 2.37. The van der Waals surface area contributed by atoms with Gasteiger partial charge in [-0.3, -0.25) is 10.1 Å². The summed E-state index contributed by atoms with van der Waals surface area (Å²) in [6.45, 7) is 5.25. The van der Waals surface area contributed by atoms with Crippen LogP contribution in [0.3, 0.4) is 0 Å². The molecule has 0 amide bonds. The Morgan fingerprint density at radius 1 is 1.28 bits per heavy atom. The molecule has 0 aliphatic carbocycles. The molecule has 1 aromatic carbocycles. The number of hydrogen-bond acceptors (Lipinski definition) is 3. The summed E-state index contributed by atoms with van der Waals surface area (Å²) in [6, 6.07) is 7.34. The van der Waals surface area contributed by atoms with Gasteiger partial charge in [-0.2, -0.15) is 0 Å². The van der Waals surface area contributed by atoms with Gasteiger partial charge in [0, 0.05) is 18.2 Å². The van der Waals surface area contributed by atoms with Crippen LogP contribution in [0.1, 0.15) is 38.7 Å². The minimum Gasteiger partial charge on any atom is -0.314 e. The zero-order valence-corrected chi connectivity index (χ0v) is 11.2. The lowest BCUT2D eigenvalue weighted by Gasteiger charge is -2.17. The summed E-state index contributed by atoms with van der Waals surface area (Å²) in [5.74, 6) is 0. The molecule has 0 aliphatic rings. The summed E-state index contributed by atoms with van der Waals surface area (Å²) < 4.78 is 0. The van der Waals surface area contributed by atoms with Crippen LogP contribution in [0, 0.1) is 10.1 Å². The molecule has 100 valence electrons. The molecule has 1 unspecified atom stereocenters. The van der Waals surface area contributed by atoms with E-state index in [2.05, 4.69) is 19.2 Å². The molecule has 0 saturated heterocycles. The quantitative estimate of drug-likeness (QED) is 0.569. The van der Waals surface area contributed by atoms with Crippen LogP contribution in [0.25, 0.3) is 0 Å². The molecule has 4 nitrogen and oxygen atoms in total. The lowest BCUT2D eigenvalue weighted by atomic mass is 10.0. The fraction of sp³-hybridized carbons (Fsp3) is 0.571. The van der Waals surface area contributed by atoms with Crippen LogP contribution in [0.2, 0.25) is 0 Å². The van der Waals surface area contributed by atoms with E-state index < -0.39 is 0 Å². The van der Waals surface area contributed by atoms with Gasteiger partial charge in [-0.25, -0.2) is 0 Å². The molecule has 0 bridgehead atoms. The Bertz CT molecular complexity index is 363. The van der Waals surface area contributed by atoms with Crippen LogP contribution in [0.15, 0.2) is 24.3 Å². The highest BCUT2D eigenvalue weighted by atomic mass is 16.6. The van der Waals surface area contributed by atoms with Gasteiger partial charge in [0.05, 0.1) is 4.92 Å². The summed E-state index contributed by atoms with van der Waals surface area (Å²) in [5.41, 5.74) is 1.31. The third kappa shape index (κ3) is 4.84. The van der Waals surface area contributed by atoms with Crippen molar-refractivity contribution in [1.82, 2.24) is 5.32 Å². The smallest absolute Gasteiger partial charge is 0.269 e. The van der Waals surface area contributed by atoms with Gasteiger partial charge >= 0.3 is 0 Å². The van der Waals surface area contributed by atoms with Gasteiger partial charge in [0.1, 0.15) is 0 Å². The number of nitro benzene ring substituents is 1. The highest BCUT2D eigenvalue weighted by Gasteiger charge is 2.09. The maximum Gasteiger partial charge on any atom is 0.269 e. The summed E-state index contributed by atoms with van der Waals surface area (Å²) in [4.78, 5) is 10.2. The van der Waals surface area contributed by atoms with E-state index in [1.165, 1.54) is 12.8 Å². The first-order valence-electron chi connectivity index (χ1n) is 6.64. The highest BCUT2D eigenvalue weighted by Crippen LogP contribution is 2.14. The van der Waals surface area contributed by atoms with E-state index in [0.717, 1.165) is 24.9 Å². The van der Waals surface area contributed by atoms with Crippen molar-refractivity contribution in [3.63, 3.8) is 0 Å². The molecular formula is C14H22N2O2. The Hall–Kier alpha value is -1.42. The van der Waals surface area contributed by atoms with Crippen LogP contribution >= 0.6 is 0 Å². The maximum atomic E-state index is 10.6. The summed E-state index contributed by atoms with van der Waals surface area (Å²) in [6.07, 6.45) is 4.50. The largest absolute Gasteiger partial charge is 0.314 e. The second kappa shape index (κ2) is 7.82. The van der Waals surface area contributed by atoms with Crippen molar-refractivity contribution in [2.45, 2.75) is 45.6 Å². The van der Waals surface area contributed by atoms with Gasteiger partial charge in [-0.1, -0.05) is 38.8 Å². The van der Waals surface area contributed by atoms with E-state index in [4.69, 9.17) is 0 Å². The Morgan fingerprint density at radius 3 is 2.44 bits per heavy atom. The molecule has 0 fully saturated rings. The molecule has 0 aromatic heterocycles. The van der Waals surface area contributed by atoms with E-state index in [-0.39, 0.29) is 10.6 Å². The number of nitrogens with zero attached hydrogens (tertiary/aromatic N) is 1. The number of nitro groups is 1. The molecule has 0 radical (unpaired) electrons. The Kier molecular flexibility index (Phi) is 6.36. The van der Waals surface area contributed by atoms with Crippen LogP contribution in [0.4, 0.5) is 5.69 Å². The first-order valence-corrected chi connectivity index (χ1v) is 6.64. The lowest BCUT2D eigenvalue weighted by molar-refractivity contribution is -0.384. The summed E-state index contributed by atoms with van der Waals surface area (Å²) in [7, 11) is 0. The van der Waals surface area contributed by atoms with Crippen molar-refractivity contribution in [2.24, 2.45) is 0 Å². The van der Waals surface area contributed by atoms with E-state index in [1.807, 2.05) is 12.1 Å². The standard InChI is InChI=1S/C14H22N2O2/c1-3-5-6-13(15-4-2)11-12-7-9-14(10-8-12)16(17)18/h7-10,13,15H,3-6,11H2,1-2H3. The number of nitrogens with one attached hydrogen (secondary N) is 1. The van der Waals surface area contributed by atoms with E-state index in [1.54, 1.807) is 12.1 Å². The van der Waals surface area contributed by atoms with Crippen LogP contribution in [-0.2, 0) is 6.42 Å². The predicted molar refractivity (Wildman–Crippen MR) is 73.8 cm³/mol. The number of hydrogen-bond donors (Lipinski definition) is 1. The molecule has 0 spiro atoms. The average molecular weight is 250 g/mol. The van der Waals surface area contributed by atoms with Crippen LogP contribution in [-0.4, -0.2) is 17.5 Å². The molecule has 0 aliphatic heterocycles. The van der Waals surface area contributed by atoms with Gasteiger partial charge in [0.2, 0.25) is 0 Å². The third-order valence-corrected chi connectivity index (χ3v) is 3.03. The van der Waals surface area contributed by atoms with Crippen molar-refractivity contribution >= 4 is 5.69 Å². The molecule has 1 rings (SSSR count). The number of non-ortho nitro benzene ring substituents is 1. The fourth-order valence-electron chi connectivity index (χ4n) is 2.05. The molecule has 1 atom stereocenters. The van der Waals surface area contributed by atoms with Gasteiger partial charge in [0.25, 0.3) is 5.69 Å². The minimum absolute atomic E-state index is 0.160. The van der Waals surface area contributed by atoms with Crippen molar-refractivity contribution in [3.05, 3.63) is 39.9 Å². The van der Waals surface area contributed by atoms with E-state index in [0.29, 0.717) is 6.04 Å². The van der Waals surface area contributed by atoms with Crippen molar-refractivity contribution in [3.8, 4) is 0 Å². The number of benzene rings is 1. The summed E-state index contributed by atoms with van der Waals surface area (Å²) >= 11 is 0. The molecule has 1 aromatic rings. The number of unbranched alkanes of at least 4 members (excludes halogenated alkanes) is 1. The van der Waals surface area contributed by atoms with Crippen LogP contribution in [0.5, 0.6) is 0 Å². The Labute approximate surface area is 109 Å². The third-order valence-electron chi connectivity index (χ3n) is 3.03. The zero-order chi connectivity index (χ0) is 13.4. The fourth-order valence-corrected chi connectivity index (χ4v) is 2.05. The van der Waals surface area contributed by atoms with Gasteiger partial charge in [0.15, 0.2) is 0 Å². The maximum absolute atomic E-state index is 10.6.